The number of hydrogen-bond donors (Lipinski definition) is 1. The highest BCUT2D eigenvalue weighted by atomic mass is 32.2. The van der Waals surface area contributed by atoms with E-state index in [-0.39, 0.29) is 23.5 Å². The van der Waals surface area contributed by atoms with Crippen molar-refractivity contribution in [1.29, 1.82) is 0 Å². The summed E-state index contributed by atoms with van der Waals surface area (Å²) in [6, 6.07) is 14.7. The van der Waals surface area contributed by atoms with Gasteiger partial charge < -0.3 is 4.90 Å². The largest absolute Gasteiger partial charge is 0.335 e. The van der Waals surface area contributed by atoms with E-state index in [1.54, 1.807) is 23.1 Å². The van der Waals surface area contributed by atoms with Gasteiger partial charge in [-0.15, -0.1) is 5.10 Å². The number of halogens is 1. The summed E-state index contributed by atoms with van der Waals surface area (Å²) in [5, 5.41) is 7.92. The molecule has 0 bridgehead atoms. The summed E-state index contributed by atoms with van der Waals surface area (Å²) < 4.78 is 15.9. The van der Waals surface area contributed by atoms with Crippen LogP contribution in [-0.4, -0.2) is 42.2 Å². The number of benzene rings is 2. The normalized spacial score (nSPS) is 14.0. The maximum Gasteiger partial charge on any atom is 0.233 e. The highest BCUT2D eigenvalue weighted by Crippen LogP contribution is 2.30. The Kier molecular flexibility index (Phi) is 4.27. The molecule has 142 valence electrons. The van der Waals surface area contributed by atoms with Gasteiger partial charge in [-0.25, -0.2) is 14.5 Å². The number of nitrogens with one attached hydrogen (secondary N) is 1. The molecule has 4 aromatic rings. The van der Waals surface area contributed by atoms with Crippen LogP contribution in [0.25, 0.3) is 16.8 Å². The molecule has 1 aliphatic rings. The summed E-state index contributed by atoms with van der Waals surface area (Å²) in [4.78, 5) is 19.2. The fourth-order valence-electron chi connectivity index (χ4n) is 3.37. The van der Waals surface area contributed by atoms with Gasteiger partial charge in [0.1, 0.15) is 5.82 Å². The van der Waals surface area contributed by atoms with Crippen LogP contribution in [0.5, 0.6) is 0 Å². The van der Waals surface area contributed by atoms with E-state index in [4.69, 9.17) is 0 Å². The highest BCUT2D eigenvalue weighted by molar-refractivity contribution is 7.99. The Hall–Kier alpha value is -2.87. The third-order valence-electron chi connectivity index (χ3n) is 4.93. The Morgan fingerprint density at radius 1 is 1.21 bits per heavy atom. The molecular formula is C20H18FN5OS. The van der Waals surface area contributed by atoms with Crippen molar-refractivity contribution in [2.24, 2.45) is 0 Å². The summed E-state index contributed by atoms with van der Waals surface area (Å²) >= 11 is 1.37. The van der Waals surface area contributed by atoms with Gasteiger partial charge in [0, 0.05) is 18.2 Å². The third-order valence-corrected chi connectivity index (χ3v) is 5.86. The minimum Gasteiger partial charge on any atom is -0.335 e. The zero-order chi connectivity index (χ0) is 19.1. The van der Waals surface area contributed by atoms with Crippen molar-refractivity contribution in [3.8, 4) is 0 Å². The molecule has 6 nitrogen and oxygen atoms in total. The van der Waals surface area contributed by atoms with E-state index in [1.165, 1.54) is 17.8 Å². The van der Waals surface area contributed by atoms with Crippen LogP contribution in [-0.2, 0) is 11.3 Å². The molecule has 0 atom stereocenters. The topological polar surface area (TPSA) is 66.3 Å². The van der Waals surface area contributed by atoms with E-state index >= 15 is 0 Å². The van der Waals surface area contributed by atoms with Crippen molar-refractivity contribution in [3.05, 3.63) is 59.9 Å². The summed E-state index contributed by atoms with van der Waals surface area (Å²) in [6.07, 6.45) is 1.95. The molecular weight excluding hydrogens is 377 g/mol. The number of carbonyl (C=O) groups excluding carboxylic acids is 1. The molecule has 1 saturated carbocycles. The monoisotopic (exact) mass is 395 g/mol. The molecule has 0 radical (unpaired) electrons. The number of hydrogen-bond acceptors (Lipinski definition) is 4. The van der Waals surface area contributed by atoms with Gasteiger partial charge in [-0.1, -0.05) is 42.1 Å². The molecule has 2 heterocycles. The number of aromatic amines is 1. The zero-order valence-electron chi connectivity index (χ0n) is 15.0. The molecule has 8 heteroatoms. The number of rotatable bonds is 6. The lowest BCUT2D eigenvalue weighted by molar-refractivity contribution is -0.129. The van der Waals surface area contributed by atoms with Gasteiger partial charge in [-0.05, 0) is 31.0 Å². The van der Waals surface area contributed by atoms with Crippen molar-refractivity contribution >= 4 is 34.5 Å². The number of aromatic nitrogens is 4. The maximum absolute atomic E-state index is 14.0. The second-order valence-corrected chi connectivity index (χ2v) is 7.84. The molecule has 5 rings (SSSR count). The number of carbonyl (C=O) groups is 1. The molecule has 0 spiro atoms. The van der Waals surface area contributed by atoms with E-state index < -0.39 is 0 Å². The average molecular weight is 395 g/mol. The molecule has 2 aromatic carbocycles. The molecule has 1 N–H and O–H groups in total. The average Bonchev–Trinajstić information content (AvgIpc) is 3.36. The lowest BCUT2D eigenvalue weighted by Gasteiger charge is -2.22. The highest BCUT2D eigenvalue weighted by Gasteiger charge is 2.33. The minimum atomic E-state index is -0.271. The van der Waals surface area contributed by atoms with Crippen LogP contribution in [0.1, 0.15) is 18.4 Å². The van der Waals surface area contributed by atoms with Crippen LogP contribution in [0.2, 0.25) is 0 Å². The van der Waals surface area contributed by atoms with Crippen molar-refractivity contribution < 1.29 is 9.18 Å². The maximum atomic E-state index is 14.0. The number of fused-ring (bicyclic) bond motifs is 3. The number of H-pyrrole nitrogens is 1. The quantitative estimate of drug-likeness (QED) is 0.506. The van der Waals surface area contributed by atoms with Gasteiger partial charge in [0.15, 0.2) is 5.16 Å². The number of nitrogens with zero attached hydrogens (tertiary/aromatic N) is 4. The Morgan fingerprint density at radius 3 is 2.82 bits per heavy atom. The van der Waals surface area contributed by atoms with Gasteiger partial charge in [0.2, 0.25) is 11.7 Å². The first-order valence-electron chi connectivity index (χ1n) is 9.18. The Bertz CT molecular complexity index is 1170. The van der Waals surface area contributed by atoms with E-state index in [0.29, 0.717) is 23.0 Å². The first-order valence-corrected chi connectivity index (χ1v) is 10.2. The smallest absolute Gasteiger partial charge is 0.233 e. The minimum absolute atomic E-state index is 0.00340. The number of imidazole rings is 1. The summed E-state index contributed by atoms with van der Waals surface area (Å²) in [6.45, 7) is 0.306. The van der Waals surface area contributed by atoms with Crippen LogP contribution < -0.4 is 0 Å². The van der Waals surface area contributed by atoms with E-state index in [2.05, 4.69) is 15.2 Å². The van der Waals surface area contributed by atoms with Crippen molar-refractivity contribution in [2.75, 3.05) is 5.75 Å². The molecule has 28 heavy (non-hydrogen) atoms. The first kappa shape index (κ1) is 17.2. The Labute approximate surface area is 164 Å². The van der Waals surface area contributed by atoms with Crippen LogP contribution in [0.4, 0.5) is 4.39 Å². The van der Waals surface area contributed by atoms with Crippen molar-refractivity contribution in [3.63, 3.8) is 0 Å². The van der Waals surface area contributed by atoms with Crippen LogP contribution in [0.3, 0.4) is 0 Å². The number of thioether (sulfide) groups is 1. The van der Waals surface area contributed by atoms with Gasteiger partial charge in [0.05, 0.1) is 16.8 Å². The van der Waals surface area contributed by atoms with Gasteiger partial charge in [0.25, 0.3) is 0 Å². The zero-order valence-corrected chi connectivity index (χ0v) is 15.8. The van der Waals surface area contributed by atoms with Gasteiger partial charge in [-0.2, -0.15) is 0 Å². The molecule has 0 unspecified atom stereocenters. The van der Waals surface area contributed by atoms with Crippen LogP contribution in [0, 0.1) is 5.82 Å². The lowest BCUT2D eigenvalue weighted by atomic mass is 10.2. The summed E-state index contributed by atoms with van der Waals surface area (Å²) in [5.41, 5.74) is 2.38. The van der Waals surface area contributed by atoms with E-state index in [1.807, 2.05) is 28.7 Å². The standard InChI is InChI=1S/C20H18FN5OS/c21-15-6-2-1-5-13(15)11-25(14-9-10-14)18(27)12-28-20-24-23-19-22-16-7-3-4-8-17(16)26(19)20/h1-8,14H,9-12H2,(H,22,23). The molecule has 0 aliphatic heterocycles. The second kappa shape index (κ2) is 6.94. The number of amides is 1. The Morgan fingerprint density at radius 2 is 2.00 bits per heavy atom. The predicted molar refractivity (Wildman–Crippen MR) is 106 cm³/mol. The predicted octanol–water partition coefficient (Wildman–Crippen LogP) is 3.63. The number of para-hydroxylation sites is 2. The fraction of sp³-hybridized carbons (Fsp3) is 0.250. The van der Waals surface area contributed by atoms with Crippen molar-refractivity contribution in [2.45, 2.75) is 30.6 Å². The summed E-state index contributed by atoms with van der Waals surface area (Å²) in [7, 11) is 0. The summed E-state index contributed by atoms with van der Waals surface area (Å²) in [5.74, 6) is 0.627. The Balaban J connectivity index is 1.35. The third kappa shape index (κ3) is 3.13. The van der Waals surface area contributed by atoms with Crippen molar-refractivity contribution in [1.82, 2.24) is 24.5 Å². The fourth-order valence-corrected chi connectivity index (χ4v) is 4.21. The van der Waals surface area contributed by atoms with Gasteiger partial charge >= 0.3 is 0 Å². The molecule has 1 aliphatic carbocycles. The molecule has 1 fully saturated rings. The molecule has 1 amide bonds. The van der Waals surface area contributed by atoms with Crippen LogP contribution >= 0.6 is 11.8 Å². The van der Waals surface area contributed by atoms with E-state index in [9.17, 15) is 9.18 Å². The molecule has 0 saturated heterocycles. The molecule has 2 aromatic heterocycles. The van der Waals surface area contributed by atoms with E-state index in [0.717, 1.165) is 23.9 Å². The van der Waals surface area contributed by atoms with Gasteiger partial charge in [-0.3, -0.25) is 9.20 Å². The first-order chi connectivity index (χ1) is 13.7. The van der Waals surface area contributed by atoms with Crippen LogP contribution in [0.15, 0.2) is 53.7 Å². The second-order valence-electron chi connectivity index (χ2n) is 6.90. The lowest BCUT2D eigenvalue weighted by Crippen LogP contribution is -2.34. The SMILES string of the molecule is O=C(CSc1n[nH]c2nc3ccccc3n12)N(Cc1ccccc1F)C1CC1.